The fourth-order valence-corrected chi connectivity index (χ4v) is 3.09. The first-order valence-electron chi connectivity index (χ1n) is 8.76. The summed E-state index contributed by atoms with van der Waals surface area (Å²) in [6, 6.07) is 8.88. The number of anilines is 1. The molecule has 0 radical (unpaired) electrons. The van der Waals surface area contributed by atoms with Gasteiger partial charge < -0.3 is 27.8 Å². The highest BCUT2D eigenvalue weighted by atomic mass is 16.5. The van der Waals surface area contributed by atoms with Crippen molar-refractivity contribution in [1.82, 2.24) is 9.88 Å². The summed E-state index contributed by atoms with van der Waals surface area (Å²) in [5, 5.41) is 9.38. The fourth-order valence-electron chi connectivity index (χ4n) is 3.09. The number of hydrogen-bond acceptors (Lipinski definition) is 8. The number of ether oxygens (including phenoxy) is 1. The van der Waals surface area contributed by atoms with E-state index in [9.17, 15) is 10.1 Å². The fraction of sp³-hybridized carbons (Fsp3) is 0.316. The maximum atomic E-state index is 12.6. The molecule has 0 spiro atoms. The Hall–Kier alpha value is -3.51. The second kappa shape index (κ2) is 7.62. The number of rotatable bonds is 5. The molecule has 0 aromatic carbocycles. The summed E-state index contributed by atoms with van der Waals surface area (Å²) in [7, 11) is 1.57. The molecule has 0 saturated carbocycles. The molecule has 144 valence electrons. The van der Waals surface area contributed by atoms with E-state index in [4.69, 9.17) is 18.0 Å². The molecule has 1 fully saturated rings. The van der Waals surface area contributed by atoms with Gasteiger partial charge in [-0.2, -0.15) is 10.2 Å². The summed E-state index contributed by atoms with van der Waals surface area (Å²) in [6.07, 6.45) is 1.52. The number of hydrogen-bond donors (Lipinski definition) is 0. The Bertz CT molecular complexity index is 990. The van der Waals surface area contributed by atoms with Crippen molar-refractivity contribution in [2.45, 2.75) is 6.61 Å². The summed E-state index contributed by atoms with van der Waals surface area (Å²) in [6.45, 7) is 2.29. The third-order valence-electron chi connectivity index (χ3n) is 4.46. The van der Waals surface area contributed by atoms with Crippen LogP contribution in [0.3, 0.4) is 0 Å². The van der Waals surface area contributed by atoms with E-state index in [0.717, 1.165) is 0 Å². The van der Waals surface area contributed by atoms with Gasteiger partial charge in [0, 0.05) is 33.3 Å². The van der Waals surface area contributed by atoms with Gasteiger partial charge in [0.05, 0.1) is 6.26 Å². The topological polar surface area (TPSA) is 109 Å². The Kier molecular flexibility index (Phi) is 4.87. The summed E-state index contributed by atoms with van der Waals surface area (Å²) in [4.78, 5) is 20.4. The summed E-state index contributed by atoms with van der Waals surface area (Å²) in [5.74, 6) is 1.84. The third kappa shape index (κ3) is 3.37. The zero-order chi connectivity index (χ0) is 19.5. The van der Waals surface area contributed by atoms with Crippen LogP contribution in [0.15, 0.2) is 43.8 Å². The summed E-state index contributed by atoms with van der Waals surface area (Å²) < 4.78 is 21.6. The van der Waals surface area contributed by atoms with E-state index in [1.165, 1.54) is 6.26 Å². The van der Waals surface area contributed by atoms with Gasteiger partial charge in [0.15, 0.2) is 11.5 Å². The van der Waals surface area contributed by atoms with Crippen LogP contribution >= 0.6 is 0 Å². The van der Waals surface area contributed by atoms with Gasteiger partial charge in [-0.05, 0) is 24.3 Å². The van der Waals surface area contributed by atoms with Crippen LogP contribution < -0.4 is 4.90 Å². The van der Waals surface area contributed by atoms with E-state index in [1.807, 2.05) is 4.90 Å². The van der Waals surface area contributed by atoms with Crippen molar-refractivity contribution in [1.29, 1.82) is 5.26 Å². The highest BCUT2D eigenvalue weighted by molar-refractivity contribution is 5.91. The Labute approximate surface area is 160 Å². The summed E-state index contributed by atoms with van der Waals surface area (Å²) in [5.41, 5.74) is 0.196. The molecule has 1 amide bonds. The molecule has 0 N–H and O–H groups in total. The van der Waals surface area contributed by atoms with Crippen LogP contribution in [0.4, 0.5) is 5.88 Å². The van der Waals surface area contributed by atoms with Crippen molar-refractivity contribution in [2.24, 2.45) is 0 Å². The first kappa shape index (κ1) is 17.9. The highest BCUT2D eigenvalue weighted by Gasteiger charge is 2.28. The minimum absolute atomic E-state index is 0.170. The van der Waals surface area contributed by atoms with Crippen molar-refractivity contribution in [3.8, 4) is 17.7 Å². The third-order valence-corrected chi connectivity index (χ3v) is 4.46. The van der Waals surface area contributed by atoms with E-state index in [1.54, 1.807) is 36.3 Å². The second-order valence-corrected chi connectivity index (χ2v) is 6.24. The van der Waals surface area contributed by atoms with Crippen molar-refractivity contribution in [2.75, 3.05) is 38.2 Å². The quantitative estimate of drug-likeness (QED) is 0.662. The number of methoxy groups -OCH3 is 1. The minimum Gasteiger partial charge on any atom is -0.459 e. The van der Waals surface area contributed by atoms with E-state index in [-0.39, 0.29) is 23.3 Å². The smallest absolute Gasteiger partial charge is 0.289 e. The van der Waals surface area contributed by atoms with Crippen molar-refractivity contribution >= 4 is 11.8 Å². The van der Waals surface area contributed by atoms with Crippen molar-refractivity contribution < 1.29 is 22.8 Å². The van der Waals surface area contributed by atoms with Crippen molar-refractivity contribution in [3.63, 3.8) is 0 Å². The van der Waals surface area contributed by atoms with Crippen LogP contribution in [0.25, 0.3) is 11.7 Å². The Morgan fingerprint density at radius 3 is 2.75 bits per heavy atom. The molecule has 0 unspecified atom stereocenters. The predicted molar refractivity (Wildman–Crippen MR) is 96.5 cm³/mol. The number of nitriles is 1. The zero-order valence-corrected chi connectivity index (χ0v) is 15.3. The summed E-state index contributed by atoms with van der Waals surface area (Å²) >= 11 is 0. The van der Waals surface area contributed by atoms with E-state index in [0.29, 0.717) is 50.2 Å². The van der Waals surface area contributed by atoms with Gasteiger partial charge in [0.2, 0.25) is 11.6 Å². The number of nitrogens with zero attached hydrogens (tertiary/aromatic N) is 4. The minimum atomic E-state index is -0.170. The maximum absolute atomic E-state index is 12.6. The second-order valence-electron chi connectivity index (χ2n) is 6.24. The van der Waals surface area contributed by atoms with Crippen LogP contribution in [-0.4, -0.2) is 49.1 Å². The van der Waals surface area contributed by atoms with Crippen LogP contribution in [0.1, 0.15) is 22.0 Å². The Balaban J connectivity index is 1.44. The molecule has 4 rings (SSSR count). The number of aromatic nitrogens is 1. The molecule has 4 heterocycles. The lowest BCUT2D eigenvalue weighted by Gasteiger charge is -2.34. The molecular weight excluding hydrogens is 364 g/mol. The molecule has 1 aliphatic rings. The van der Waals surface area contributed by atoms with Crippen LogP contribution in [-0.2, 0) is 11.3 Å². The zero-order valence-electron chi connectivity index (χ0n) is 15.3. The molecular formula is C19H18N4O5. The monoisotopic (exact) mass is 382 g/mol. The van der Waals surface area contributed by atoms with Crippen LogP contribution in [0.5, 0.6) is 0 Å². The Morgan fingerprint density at radius 1 is 1.25 bits per heavy atom. The van der Waals surface area contributed by atoms with E-state index < -0.39 is 0 Å². The molecule has 9 heteroatoms. The standard InChI is InChI=1S/C19H18N4O5/c1-25-12-13-4-5-16(27-13)18(24)22-6-8-23(9-7-22)19-14(11-20)21-17(28-19)15-3-2-10-26-15/h2-5,10H,6-9,12H2,1H3. The van der Waals surface area contributed by atoms with Gasteiger partial charge in [-0.3, -0.25) is 4.79 Å². The average molecular weight is 382 g/mol. The predicted octanol–water partition coefficient (Wildman–Crippen LogP) is 2.51. The highest BCUT2D eigenvalue weighted by Crippen LogP contribution is 2.29. The molecule has 3 aromatic heterocycles. The number of amides is 1. The molecule has 9 nitrogen and oxygen atoms in total. The lowest BCUT2D eigenvalue weighted by Crippen LogP contribution is -2.48. The number of carbonyl (C=O) groups excluding carboxylic acids is 1. The lowest BCUT2D eigenvalue weighted by atomic mass is 10.2. The number of oxazole rings is 1. The van der Waals surface area contributed by atoms with Gasteiger partial charge in [-0.25, -0.2) is 0 Å². The van der Waals surface area contributed by atoms with Gasteiger partial charge in [0.1, 0.15) is 18.4 Å². The van der Waals surface area contributed by atoms with Crippen molar-refractivity contribution in [3.05, 3.63) is 47.7 Å². The van der Waals surface area contributed by atoms with Gasteiger partial charge >= 0.3 is 0 Å². The van der Waals surface area contributed by atoms with E-state index >= 15 is 0 Å². The Morgan fingerprint density at radius 2 is 2.07 bits per heavy atom. The molecule has 28 heavy (non-hydrogen) atoms. The molecule has 0 aliphatic carbocycles. The van der Waals surface area contributed by atoms with Crippen LogP contribution in [0.2, 0.25) is 0 Å². The molecule has 1 aliphatic heterocycles. The van der Waals surface area contributed by atoms with Gasteiger partial charge in [-0.1, -0.05) is 0 Å². The number of carbonyl (C=O) groups is 1. The van der Waals surface area contributed by atoms with Gasteiger partial charge in [-0.15, -0.1) is 0 Å². The van der Waals surface area contributed by atoms with Crippen LogP contribution in [0, 0.1) is 11.3 Å². The maximum Gasteiger partial charge on any atom is 0.289 e. The average Bonchev–Trinajstić information content (AvgIpc) is 3.47. The number of piperazine rings is 1. The first-order chi connectivity index (χ1) is 13.7. The normalized spacial score (nSPS) is 14.3. The molecule has 3 aromatic rings. The number of furan rings is 2. The molecule has 0 bridgehead atoms. The largest absolute Gasteiger partial charge is 0.459 e. The molecule has 0 atom stereocenters. The lowest BCUT2D eigenvalue weighted by molar-refractivity contribution is 0.0705. The SMILES string of the molecule is COCc1ccc(C(=O)N2CCN(c3oc(-c4ccco4)nc3C#N)CC2)o1. The first-order valence-corrected chi connectivity index (χ1v) is 8.76. The van der Waals surface area contributed by atoms with E-state index in [2.05, 4.69) is 11.1 Å². The molecule has 1 saturated heterocycles. The van der Waals surface area contributed by atoms with Gasteiger partial charge in [0.25, 0.3) is 11.8 Å².